The van der Waals surface area contributed by atoms with E-state index in [0.29, 0.717) is 17.9 Å². The summed E-state index contributed by atoms with van der Waals surface area (Å²) in [6.45, 7) is 2.31. The predicted molar refractivity (Wildman–Crippen MR) is 74.4 cm³/mol. The Kier molecular flexibility index (Phi) is 4.10. The molecule has 1 aromatic heterocycles. The van der Waals surface area contributed by atoms with Crippen LogP contribution >= 0.6 is 0 Å². The van der Waals surface area contributed by atoms with E-state index in [-0.39, 0.29) is 5.91 Å². The van der Waals surface area contributed by atoms with E-state index < -0.39 is 0 Å². The quantitative estimate of drug-likeness (QED) is 0.573. The van der Waals surface area contributed by atoms with Crippen molar-refractivity contribution in [2.75, 3.05) is 5.43 Å². The van der Waals surface area contributed by atoms with Crippen LogP contribution in [0.25, 0.3) is 0 Å². The number of nitrogens with zero attached hydrogens (tertiary/aromatic N) is 1. The number of hydrogen-bond acceptors (Lipinski definition) is 4. The predicted octanol–water partition coefficient (Wildman–Crippen LogP) is 1.61. The molecule has 0 aliphatic rings. The minimum absolute atomic E-state index is 0.147. The molecule has 2 rings (SSSR count). The van der Waals surface area contributed by atoms with Gasteiger partial charge in [0.05, 0.1) is 0 Å². The molecule has 1 heterocycles. The van der Waals surface area contributed by atoms with Crippen LogP contribution in [0.15, 0.2) is 42.5 Å². The van der Waals surface area contributed by atoms with Crippen LogP contribution in [0.4, 0.5) is 5.82 Å². The summed E-state index contributed by atoms with van der Waals surface area (Å²) in [5.41, 5.74) is 4.77. The zero-order valence-electron chi connectivity index (χ0n) is 10.7. The van der Waals surface area contributed by atoms with Gasteiger partial charge in [-0.2, -0.15) is 0 Å². The van der Waals surface area contributed by atoms with E-state index in [1.54, 1.807) is 12.1 Å². The minimum atomic E-state index is -0.147. The molecule has 0 saturated carbocycles. The number of pyridine rings is 1. The monoisotopic (exact) mass is 256 g/mol. The number of anilines is 1. The fourth-order valence-electron chi connectivity index (χ4n) is 1.75. The van der Waals surface area contributed by atoms with E-state index in [2.05, 4.69) is 15.7 Å². The number of benzene rings is 1. The van der Waals surface area contributed by atoms with Crippen molar-refractivity contribution in [2.45, 2.75) is 13.5 Å². The molecule has 0 spiro atoms. The Morgan fingerprint density at radius 2 is 2.00 bits per heavy atom. The lowest BCUT2D eigenvalue weighted by Gasteiger charge is -2.08. The number of amides is 1. The van der Waals surface area contributed by atoms with Gasteiger partial charge in [-0.1, -0.05) is 30.3 Å². The first kappa shape index (κ1) is 13.0. The first-order valence-electron chi connectivity index (χ1n) is 5.96. The summed E-state index contributed by atoms with van der Waals surface area (Å²) < 4.78 is 0. The molecule has 98 valence electrons. The van der Waals surface area contributed by atoms with Crippen molar-refractivity contribution < 1.29 is 4.79 Å². The number of carbonyl (C=O) groups is 1. The van der Waals surface area contributed by atoms with Gasteiger partial charge in [0.1, 0.15) is 5.82 Å². The van der Waals surface area contributed by atoms with Crippen molar-refractivity contribution in [1.29, 1.82) is 0 Å². The minimum Gasteiger partial charge on any atom is -0.348 e. The molecule has 0 aliphatic heterocycles. The number of rotatable bonds is 4. The second-order valence-corrected chi connectivity index (χ2v) is 4.20. The van der Waals surface area contributed by atoms with E-state index in [4.69, 9.17) is 5.84 Å². The van der Waals surface area contributed by atoms with E-state index in [1.807, 2.05) is 37.3 Å². The lowest BCUT2D eigenvalue weighted by Crippen LogP contribution is -2.23. The fraction of sp³-hybridized carbons (Fsp3) is 0.143. The Balaban J connectivity index is 2.06. The Labute approximate surface area is 111 Å². The van der Waals surface area contributed by atoms with Crippen LogP contribution in [0.1, 0.15) is 21.6 Å². The Hall–Kier alpha value is -2.40. The molecule has 1 amide bonds. The van der Waals surface area contributed by atoms with Crippen LogP contribution in [-0.4, -0.2) is 10.9 Å². The number of nitrogens with one attached hydrogen (secondary N) is 2. The van der Waals surface area contributed by atoms with Crippen LogP contribution in [0.3, 0.4) is 0 Å². The van der Waals surface area contributed by atoms with Gasteiger partial charge in [0.2, 0.25) is 0 Å². The van der Waals surface area contributed by atoms with Crippen molar-refractivity contribution in [3.05, 3.63) is 59.3 Å². The highest BCUT2D eigenvalue weighted by molar-refractivity contribution is 5.94. The first-order chi connectivity index (χ1) is 9.19. The summed E-state index contributed by atoms with van der Waals surface area (Å²) in [5.74, 6) is 5.64. The smallest absolute Gasteiger partial charge is 0.251 e. The lowest BCUT2D eigenvalue weighted by atomic mass is 10.2. The number of hydrazine groups is 1. The topological polar surface area (TPSA) is 80.0 Å². The maximum absolute atomic E-state index is 12.0. The highest BCUT2D eigenvalue weighted by atomic mass is 16.1. The van der Waals surface area contributed by atoms with Gasteiger partial charge in [0, 0.05) is 17.8 Å². The number of nitrogens with two attached hydrogens (primary N) is 1. The molecular weight excluding hydrogens is 240 g/mol. The van der Waals surface area contributed by atoms with E-state index in [0.717, 1.165) is 11.3 Å². The van der Waals surface area contributed by atoms with Crippen molar-refractivity contribution in [3.8, 4) is 0 Å². The van der Waals surface area contributed by atoms with Crippen molar-refractivity contribution >= 4 is 11.7 Å². The molecule has 0 fully saturated rings. The molecule has 4 N–H and O–H groups in total. The third-order valence-electron chi connectivity index (χ3n) is 2.66. The van der Waals surface area contributed by atoms with Crippen molar-refractivity contribution in [3.63, 3.8) is 0 Å². The normalized spacial score (nSPS) is 10.0. The molecule has 0 radical (unpaired) electrons. The molecule has 5 nitrogen and oxygen atoms in total. The zero-order valence-corrected chi connectivity index (χ0v) is 10.7. The molecule has 0 atom stereocenters. The molecule has 0 unspecified atom stereocenters. The summed E-state index contributed by atoms with van der Waals surface area (Å²) in [5, 5.41) is 2.86. The second kappa shape index (κ2) is 5.97. The number of aryl methyl sites for hydroxylation is 1. The van der Waals surface area contributed by atoms with Gasteiger partial charge < -0.3 is 10.7 Å². The SMILES string of the molecule is Cc1cc(C(=O)NCc2ccccc2)cc(NN)n1. The maximum Gasteiger partial charge on any atom is 0.251 e. The van der Waals surface area contributed by atoms with Gasteiger partial charge in [-0.3, -0.25) is 4.79 Å². The van der Waals surface area contributed by atoms with Crippen LogP contribution in [0.2, 0.25) is 0 Å². The highest BCUT2D eigenvalue weighted by Crippen LogP contribution is 2.09. The van der Waals surface area contributed by atoms with Crippen LogP contribution in [0.5, 0.6) is 0 Å². The van der Waals surface area contributed by atoms with Crippen LogP contribution in [-0.2, 0) is 6.54 Å². The maximum atomic E-state index is 12.0. The third-order valence-corrected chi connectivity index (χ3v) is 2.66. The largest absolute Gasteiger partial charge is 0.348 e. The van der Waals surface area contributed by atoms with Gasteiger partial charge in [-0.25, -0.2) is 10.8 Å². The molecule has 1 aromatic carbocycles. The summed E-state index contributed by atoms with van der Waals surface area (Å²) in [6, 6.07) is 13.1. The molecule has 0 bridgehead atoms. The summed E-state index contributed by atoms with van der Waals surface area (Å²) in [4.78, 5) is 16.2. The van der Waals surface area contributed by atoms with E-state index >= 15 is 0 Å². The van der Waals surface area contributed by atoms with E-state index in [1.165, 1.54) is 0 Å². The van der Waals surface area contributed by atoms with Gasteiger partial charge >= 0.3 is 0 Å². The second-order valence-electron chi connectivity index (χ2n) is 4.20. The molecule has 19 heavy (non-hydrogen) atoms. The Morgan fingerprint density at radius 3 is 2.68 bits per heavy atom. The number of nitrogen functional groups attached to an aromatic ring is 1. The lowest BCUT2D eigenvalue weighted by molar-refractivity contribution is 0.0950. The summed E-state index contributed by atoms with van der Waals surface area (Å²) in [6.07, 6.45) is 0. The summed E-state index contributed by atoms with van der Waals surface area (Å²) >= 11 is 0. The fourth-order valence-corrected chi connectivity index (χ4v) is 1.75. The average Bonchev–Trinajstić information content (AvgIpc) is 2.45. The van der Waals surface area contributed by atoms with Gasteiger partial charge in [-0.15, -0.1) is 0 Å². The highest BCUT2D eigenvalue weighted by Gasteiger charge is 2.07. The van der Waals surface area contributed by atoms with Crippen molar-refractivity contribution in [2.24, 2.45) is 5.84 Å². The van der Waals surface area contributed by atoms with Crippen LogP contribution in [0, 0.1) is 6.92 Å². The first-order valence-corrected chi connectivity index (χ1v) is 5.96. The standard InChI is InChI=1S/C14H16N4O/c1-10-7-12(8-13(17-10)18-15)14(19)16-9-11-5-3-2-4-6-11/h2-8H,9,15H2,1H3,(H,16,19)(H,17,18). The Morgan fingerprint density at radius 1 is 1.26 bits per heavy atom. The molecule has 2 aromatic rings. The van der Waals surface area contributed by atoms with Crippen molar-refractivity contribution in [1.82, 2.24) is 10.3 Å². The van der Waals surface area contributed by atoms with E-state index in [9.17, 15) is 4.79 Å². The average molecular weight is 256 g/mol. The molecule has 0 saturated heterocycles. The van der Waals surface area contributed by atoms with Gasteiger partial charge in [0.25, 0.3) is 5.91 Å². The van der Waals surface area contributed by atoms with Gasteiger partial charge in [0.15, 0.2) is 0 Å². The summed E-state index contributed by atoms with van der Waals surface area (Å²) in [7, 11) is 0. The molecular formula is C14H16N4O. The number of carbonyl (C=O) groups excluding carboxylic acids is 1. The molecule has 5 heteroatoms. The number of aromatic nitrogens is 1. The number of hydrogen-bond donors (Lipinski definition) is 3. The van der Waals surface area contributed by atoms with Gasteiger partial charge in [-0.05, 0) is 24.6 Å². The zero-order chi connectivity index (χ0) is 13.7. The molecule has 0 aliphatic carbocycles. The Bertz CT molecular complexity index is 569. The van der Waals surface area contributed by atoms with Crippen LogP contribution < -0.4 is 16.6 Å². The third kappa shape index (κ3) is 3.53.